The number of thioether (sulfide) groups is 1. The Morgan fingerprint density at radius 1 is 0.971 bits per heavy atom. The fourth-order valence-electron chi connectivity index (χ4n) is 5.66. The highest BCUT2D eigenvalue weighted by atomic mass is 32.2. The van der Waals surface area contributed by atoms with Gasteiger partial charge >= 0.3 is 0 Å². The van der Waals surface area contributed by atoms with Crippen LogP contribution in [0.5, 0.6) is 0 Å². The highest BCUT2D eigenvalue weighted by Gasteiger charge is 2.29. The third-order valence-electron chi connectivity index (χ3n) is 7.35. The number of rotatable bonds is 6. The van der Waals surface area contributed by atoms with Crippen LogP contribution in [0, 0.1) is 0 Å². The van der Waals surface area contributed by atoms with Gasteiger partial charge in [-0.2, -0.15) is 0 Å². The first-order valence-corrected chi connectivity index (χ1v) is 13.6. The summed E-state index contributed by atoms with van der Waals surface area (Å²) in [4.78, 5) is 28.0. The minimum absolute atomic E-state index is 0.00982. The summed E-state index contributed by atoms with van der Waals surface area (Å²) in [7, 11) is 0. The molecule has 0 radical (unpaired) electrons. The van der Waals surface area contributed by atoms with Crippen molar-refractivity contribution in [3.8, 4) is 0 Å². The molecule has 8 nitrogen and oxygen atoms in total. The average Bonchev–Trinajstić information content (AvgIpc) is 3.37. The molecule has 1 saturated heterocycles. The standard InChI is InChI=1S/C25H34N6O2S/c1-17-9-8-10-18(2)30(17)23(33)16-34-25-28-27-24-29(20-13-6-7-14-21(20)31(24)25)15-22(32)26-19-11-4-3-5-12-19/h6-7,13-14,17-19H,3-5,8-12,15-16H2,1-2H3,(H,26,32)/t17-,18-/m0/s1. The average molecular weight is 483 g/mol. The molecule has 2 atom stereocenters. The van der Waals surface area contributed by atoms with E-state index in [9.17, 15) is 9.59 Å². The monoisotopic (exact) mass is 482 g/mol. The van der Waals surface area contributed by atoms with Crippen LogP contribution in [0.4, 0.5) is 0 Å². The third-order valence-corrected chi connectivity index (χ3v) is 8.26. The van der Waals surface area contributed by atoms with Gasteiger partial charge in [0.2, 0.25) is 17.6 Å². The Kier molecular flexibility index (Phi) is 6.81. The largest absolute Gasteiger partial charge is 0.352 e. The number of nitrogens with zero attached hydrogens (tertiary/aromatic N) is 5. The molecule has 1 aliphatic heterocycles. The molecule has 182 valence electrons. The van der Waals surface area contributed by atoms with E-state index in [2.05, 4.69) is 29.4 Å². The molecule has 1 N–H and O–H groups in total. The predicted octanol–water partition coefficient (Wildman–Crippen LogP) is 4.01. The summed E-state index contributed by atoms with van der Waals surface area (Å²) in [6.45, 7) is 4.48. The lowest BCUT2D eigenvalue weighted by atomic mass is 9.95. The number of fused-ring (bicyclic) bond motifs is 3. The normalized spacial score (nSPS) is 21.9. The number of imidazole rings is 1. The summed E-state index contributed by atoms with van der Waals surface area (Å²) in [6, 6.07) is 8.80. The van der Waals surface area contributed by atoms with Gasteiger partial charge in [-0.05, 0) is 58.1 Å². The van der Waals surface area contributed by atoms with Crippen molar-refractivity contribution in [3.63, 3.8) is 0 Å². The second kappa shape index (κ2) is 9.98. The van der Waals surface area contributed by atoms with Gasteiger partial charge in [0.15, 0.2) is 5.16 Å². The van der Waals surface area contributed by atoms with Crippen molar-refractivity contribution in [2.45, 2.75) is 95.0 Å². The van der Waals surface area contributed by atoms with Gasteiger partial charge in [0, 0.05) is 18.1 Å². The minimum Gasteiger partial charge on any atom is -0.352 e. The number of carbonyl (C=O) groups is 2. The molecule has 1 saturated carbocycles. The molecule has 1 aromatic carbocycles. The van der Waals surface area contributed by atoms with Gasteiger partial charge in [0.05, 0.1) is 16.8 Å². The van der Waals surface area contributed by atoms with Gasteiger partial charge < -0.3 is 10.2 Å². The van der Waals surface area contributed by atoms with Crippen molar-refractivity contribution in [2.75, 3.05) is 5.75 Å². The van der Waals surface area contributed by atoms with Crippen LogP contribution in [-0.2, 0) is 16.1 Å². The lowest BCUT2D eigenvalue weighted by Gasteiger charge is -2.39. The van der Waals surface area contributed by atoms with Crippen LogP contribution in [-0.4, -0.2) is 59.8 Å². The molecule has 2 amide bonds. The second-order valence-electron chi connectivity index (χ2n) is 9.81. The number of carbonyl (C=O) groups excluding carboxylic acids is 2. The number of piperidine rings is 1. The van der Waals surface area contributed by atoms with Gasteiger partial charge in [-0.3, -0.25) is 18.6 Å². The van der Waals surface area contributed by atoms with Crippen molar-refractivity contribution < 1.29 is 9.59 Å². The van der Waals surface area contributed by atoms with Gasteiger partial charge in [0.1, 0.15) is 6.54 Å². The number of hydrogen-bond donors (Lipinski definition) is 1. The van der Waals surface area contributed by atoms with E-state index in [0.717, 1.165) is 36.7 Å². The Morgan fingerprint density at radius 3 is 2.41 bits per heavy atom. The molecule has 1 aliphatic carbocycles. The van der Waals surface area contributed by atoms with Gasteiger partial charge in [-0.25, -0.2) is 0 Å². The predicted molar refractivity (Wildman–Crippen MR) is 134 cm³/mol. The van der Waals surface area contributed by atoms with Crippen LogP contribution in [0.2, 0.25) is 0 Å². The van der Waals surface area contributed by atoms with E-state index in [1.165, 1.54) is 37.4 Å². The summed E-state index contributed by atoms with van der Waals surface area (Å²) < 4.78 is 3.91. The van der Waals surface area contributed by atoms with Crippen LogP contribution in [0.25, 0.3) is 16.8 Å². The van der Waals surface area contributed by atoms with Gasteiger partial charge in [0.25, 0.3) is 0 Å². The SMILES string of the molecule is C[C@H]1CCC[C@H](C)N1C(=O)CSc1nnc2n(CC(=O)NC3CCCCC3)c3ccccc3n12. The maximum atomic E-state index is 13.0. The molecule has 0 unspecified atom stereocenters. The number of amides is 2. The molecule has 9 heteroatoms. The molecular formula is C25H34N6O2S. The van der Waals surface area contributed by atoms with Crippen molar-refractivity contribution >= 4 is 40.4 Å². The molecule has 2 aliphatic rings. The second-order valence-corrected chi connectivity index (χ2v) is 10.8. The number of benzene rings is 1. The van der Waals surface area contributed by atoms with Crippen molar-refractivity contribution in [1.29, 1.82) is 0 Å². The molecular weight excluding hydrogens is 448 g/mol. The van der Waals surface area contributed by atoms with Crippen molar-refractivity contribution in [1.82, 2.24) is 29.4 Å². The smallest absolute Gasteiger partial charge is 0.240 e. The fraction of sp³-hybridized carbons (Fsp3) is 0.600. The summed E-state index contributed by atoms with van der Waals surface area (Å²) in [5.41, 5.74) is 1.89. The van der Waals surface area contributed by atoms with Gasteiger partial charge in [-0.1, -0.05) is 43.2 Å². The zero-order chi connectivity index (χ0) is 23.7. The Morgan fingerprint density at radius 2 is 1.68 bits per heavy atom. The first-order valence-electron chi connectivity index (χ1n) is 12.6. The molecule has 2 fully saturated rings. The van der Waals surface area contributed by atoms with Crippen LogP contribution < -0.4 is 5.32 Å². The van der Waals surface area contributed by atoms with Crippen molar-refractivity contribution in [3.05, 3.63) is 24.3 Å². The van der Waals surface area contributed by atoms with E-state index >= 15 is 0 Å². The Bertz CT molecular complexity index is 1170. The van der Waals surface area contributed by atoms with Crippen LogP contribution in [0.3, 0.4) is 0 Å². The summed E-state index contributed by atoms with van der Waals surface area (Å²) in [5.74, 6) is 1.12. The summed E-state index contributed by atoms with van der Waals surface area (Å²) in [5, 5.41) is 12.7. The lowest BCUT2D eigenvalue weighted by Crippen LogP contribution is -2.48. The molecule has 2 aromatic heterocycles. The summed E-state index contributed by atoms with van der Waals surface area (Å²) >= 11 is 1.42. The van der Waals surface area contributed by atoms with Crippen molar-refractivity contribution in [2.24, 2.45) is 0 Å². The topological polar surface area (TPSA) is 84.5 Å². The van der Waals surface area contributed by atoms with E-state index in [1.54, 1.807) is 0 Å². The highest BCUT2D eigenvalue weighted by Crippen LogP contribution is 2.28. The van der Waals surface area contributed by atoms with Gasteiger partial charge in [-0.15, -0.1) is 10.2 Å². The number of nitrogens with one attached hydrogen (secondary N) is 1. The van der Waals surface area contributed by atoms with Crippen LogP contribution in [0.15, 0.2) is 29.4 Å². The Balaban J connectivity index is 1.36. The van der Waals surface area contributed by atoms with Crippen LogP contribution in [0.1, 0.15) is 65.2 Å². The molecule has 3 aromatic rings. The van der Waals surface area contributed by atoms with Crippen LogP contribution >= 0.6 is 11.8 Å². The first kappa shape index (κ1) is 23.2. The number of aromatic nitrogens is 4. The van der Waals surface area contributed by atoms with E-state index < -0.39 is 0 Å². The first-order chi connectivity index (χ1) is 16.5. The molecule has 0 spiro atoms. The van der Waals surface area contributed by atoms with E-state index in [-0.39, 0.29) is 36.5 Å². The number of para-hydroxylation sites is 2. The number of hydrogen-bond acceptors (Lipinski definition) is 5. The maximum Gasteiger partial charge on any atom is 0.240 e. The third kappa shape index (κ3) is 4.54. The molecule has 34 heavy (non-hydrogen) atoms. The quantitative estimate of drug-likeness (QED) is 0.537. The number of likely N-dealkylation sites (tertiary alicyclic amines) is 1. The van der Waals surface area contributed by atoms with E-state index in [1.807, 2.05) is 38.1 Å². The fourth-order valence-corrected chi connectivity index (χ4v) is 6.47. The lowest BCUT2D eigenvalue weighted by molar-refractivity contribution is -0.134. The highest BCUT2D eigenvalue weighted by molar-refractivity contribution is 7.99. The molecule has 0 bridgehead atoms. The maximum absolute atomic E-state index is 13.0. The Labute approximate surface area is 204 Å². The van der Waals surface area contributed by atoms with E-state index in [4.69, 9.17) is 0 Å². The zero-order valence-corrected chi connectivity index (χ0v) is 20.9. The molecule has 3 heterocycles. The van der Waals surface area contributed by atoms with E-state index in [0.29, 0.717) is 16.7 Å². The minimum atomic E-state index is 0.00982. The zero-order valence-electron chi connectivity index (χ0n) is 20.1. The summed E-state index contributed by atoms with van der Waals surface area (Å²) in [6.07, 6.45) is 9.04. The molecule has 5 rings (SSSR count). The Hall–Kier alpha value is -2.55.